The lowest BCUT2D eigenvalue weighted by atomic mass is 9.82. The number of nitrogens with zero attached hydrogens (tertiary/aromatic N) is 3. The molecule has 0 atom stereocenters. The van der Waals surface area contributed by atoms with Crippen LogP contribution in [0.3, 0.4) is 0 Å². The second kappa shape index (κ2) is 15.0. The van der Waals surface area contributed by atoms with E-state index in [4.69, 9.17) is 9.97 Å². The molecule has 0 unspecified atom stereocenters. The van der Waals surface area contributed by atoms with Crippen molar-refractivity contribution in [1.82, 2.24) is 9.97 Å². The van der Waals surface area contributed by atoms with Crippen molar-refractivity contribution in [3.05, 3.63) is 236 Å². The van der Waals surface area contributed by atoms with Crippen molar-refractivity contribution in [2.75, 3.05) is 4.90 Å². The fourth-order valence-corrected chi connectivity index (χ4v) is 9.95. The SMILES string of the molecule is CC1(C)c2ccccc2-c2ccc(N(c3ccc(-c4ccccc4)cc3)c3ccc(-c4ccc5ccc6ccc7nc(-c8ccccc8)c(-c8ccccc8)nc7c6c5c4)cc3)cc21. The number of aromatic nitrogens is 2. The first-order valence-corrected chi connectivity index (χ1v) is 22.1. The smallest absolute Gasteiger partial charge is 0.0979 e. The van der Waals surface area contributed by atoms with Crippen LogP contribution in [0.15, 0.2) is 224 Å². The molecule has 0 radical (unpaired) electrons. The Morgan fingerprint density at radius 3 is 1.52 bits per heavy atom. The molecule has 0 saturated carbocycles. The molecule has 0 fully saturated rings. The number of fused-ring (bicyclic) bond motifs is 8. The van der Waals surface area contributed by atoms with Crippen molar-refractivity contribution in [3.63, 3.8) is 0 Å². The van der Waals surface area contributed by atoms with Crippen molar-refractivity contribution in [2.45, 2.75) is 19.3 Å². The molecule has 302 valence electrons. The molecule has 0 N–H and O–H groups in total. The van der Waals surface area contributed by atoms with Gasteiger partial charge in [-0.15, -0.1) is 0 Å². The summed E-state index contributed by atoms with van der Waals surface area (Å²) >= 11 is 0. The zero-order chi connectivity index (χ0) is 42.8. The fraction of sp³-hybridized carbons (Fsp3) is 0.0492. The predicted molar refractivity (Wildman–Crippen MR) is 269 cm³/mol. The molecule has 0 saturated heterocycles. The zero-order valence-electron chi connectivity index (χ0n) is 35.7. The van der Waals surface area contributed by atoms with E-state index in [1.807, 2.05) is 12.1 Å². The van der Waals surface area contributed by atoms with Crippen LogP contribution in [0.4, 0.5) is 17.1 Å². The molecule has 3 heteroatoms. The Bertz CT molecular complexity index is 3540. The van der Waals surface area contributed by atoms with Crippen molar-refractivity contribution in [1.29, 1.82) is 0 Å². The third kappa shape index (κ3) is 6.28. The Hall–Kier alpha value is -8.14. The van der Waals surface area contributed by atoms with E-state index >= 15 is 0 Å². The molecular weight excluding hydrogens is 775 g/mol. The fourth-order valence-electron chi connectivity index (χ4n) is 9.95. The quantitative estimate of drug-likeness (QED) is 0.150. The van der Waals surface area contributed by atoms with Gasteiger partial charge in [0.1, 0.15) is 0 Å². The Morgan fingerprint density at radius 1 is 0.359 bits per heavy atom. The number of hydrogen-bond acceptors (Lipinski definition) is 3. The van der Waals surface area contributed by atoms with Crippen LogP contribution in [0.5, 0.6) is 0 Å². The van der Waals surface area contributed by atoms with Crippen molar-refractivity contribution >= 4 is 49.6 Å². The van der Waals surface area contributed by atoms with Crippen LogP contribution < -0.4 is 4.90 Å². The summed E-state index contributed by atoms with van der Waals surface area (Å²) in [5.41, 5.74) is 18.9. The van der Waals surface area contributed by atoms with E-state index in [1.165, 1.54) is 38.8 Å². The molecule has 1 aliphatic rings. The molecule has 0 amide bonds. The van der Waals surface area contributed by atoms with E-state index in [-0.39, 0.29) is 5.41 Å². The normalized spacial score (nSPS) is 12.7. The lowest BCUT2D eigenvalue weighted by Gasteiger charge is -2.28. The van der Waals surface area contributed by atoms with Crippen molar-refractivity contribution < 1.29 is 0 Å². The highest BCUT2D eigenvalue weighted by Crippen LogP contribution is 2.51. The van der Waals surface area contributed by atoms with Gasteiger partial charge in [-0.2, -0.15) is 0 Å². The maximum atomic E-state index is 5.49. The first-order valence-electron chi connectivity index (χ1n) is 22.1. The van der Waals surface area contributed by atoms with E-state index < -0.39 is 0 Å². The monoisotopic (exact) mass is 817 g/mol. The summed E-state index contributed by atoms with van der Waals surface area (Å²) < 4.78 is 0. The van der Waals surface area contributed by atoms with Crippen LogP contribution in [-0.2, 0) is 5.41 Å². The molecule has 10 aromatic carbocycles. The highest BCUT2D eigenvalue weighted by molar-refractivity contribution is 6.19. The van der Waals surface area contributed by atoms with Crippen LogP contribution in [0.2, 0.25) is 0 Å². The topological polar surface area (TPSA) is 29.0 Å². The van der Waals surface area contributed by atoms with Gasteiger partial charge in [-0.1, -0.05) is 190 Å². The summed E-state index contributed by atoms with van der Waals surface area (Å²) in [5.74, 6) is 0. The Labute approximate surface area is 373 Å². The highest BCUT2D eigenvalue weighted by Gasteiger charge is 2.35. The number of benzene rings is 10. The van der Waals surface area contributed by atoms with Gasteiger partial charge < -0.3 is 4.90 Å². The molecular formula is C61H43N3. The zero-order valence-corrected chi connectivity index (χ0v) is 35.7. The predicted octanol–water partition coefficient (Wildman–Crippen LogP) is 16.4. The van der Waals surface area contributed by atoms with E-state index in [0.29, 0.717) is 0 Å². The first kappa shape index (κ1) is 37.6. The highest BCUT2D eigenvalue weighted by atomic mass is 15.1. The standard InChI is InChI=1S/C61H43N3/c1-61(2)54-21-13-12-20-51(54)52-36-35-50(39-55(52)61)64(48-31-26-41(27-32-48)40-14-6-3-7-15-40)49-33-28-42(29-34-49)47-25-23-43-22-24-44-30-37-56-60(57(44)53(43)38-47)63-59(46-18-10-5-11-19-46)58(62-56)45-16-8-4-9-17-45/h3-39H,1-2H3. The lowest BCUT2D eigenvalue weighted by molar-refractivity contribution is 0.660. The minimum atomic E-state index is -0.112. The van der Waals surface area contributed by atoms with Gasteiger partial charge in [0.05, 0.1) is 22.4 Å². The summed E-state index contributed by atoms with van der Waals surface area (Å²) in [6, 6.07) is 80.8. The maximum Gasteiger partial charge on any atom is 0.0979 e. The summed E-state index contributed by atoms with van der Waals surface area (Å²) in [4.78, 5) is 13.2. The van der Waals surface area contributed by atoms with E-state index in [9.17, 15) is 0 Å². The maximum absolute atomic E-state index is 5.49. The number of rotatable bonds is 7. The Morgan fingerprint density at radius 2 is 0.844 bits per heavy atom. The average Bonchev–Trinajstić information content (AvgIpc) is 3.59. The summed E-state index contributed by atoms with van der Waals surface area (Å²) in [6.45, 7) is 4.70. The van der Waals surface area contributed by atoms with Crippen molar-refractivity contribution in [3.8, 4) is 55.9 Å². The minimum absolute atomic E-state index is 0.112. The molecule has 0 aliphatic heterocycles. The lowest BCUT2D eigenvalue weighted by Crippen LogP contribution is -2.16. The number of hydrogen-bond donors (Lipinski definition) is 0. The summed E-state index contributed by atoms with van der Waals surface area (Å²) in [5, 5.41) is 4.59. The van der Waals surface area contributed by atoms with Gasteiger partial charge >= 0.3 is 0 Å². The van der Waals surface area contributed by atoms with Crippen LogP contribution in [0, 0.1) is 0 Å². The second-order valence-corrected chi connectivity index (χ2v) is 17.4. The molecule has 1 aliphatic carbocycles. The summed E-state index contributed by atoms with van der Waals surface area (Å²) in [7, 11) is 0. The third-order valence-corrected chi connectivity index (χ3v) is 13.2. The minimum Gasteiger partial charge on any atom is -0.310 e. The molecule has 64 heavy (non-hydrogen) atoms. The van der Waals surface area contributed by atoms with Crippen LogP contribution in [0.25, 0.3) is 88.5 Å². The molecule has 3 nitrogen and oxygen atoms in total. The largest absolute Gasteiger partial charge is 0.310 e. The number of anilines is 3. The van der Waals surface area contributed by atoms with Gasteiger partial charge in [-0.05, 0) is 109 Å². The van der Waals surface area contributed by atoms with Crippen LogP contribution in [0.1, 0.15) is 25.0 Å². The van der Waals surface area contributed by atoms with Gasteiger partial charge in [0.15, 0.2) is 0 Å². The van der Waals surface area contributed by atoms with Gasteiger partial charge in [-0.25, -0.2) is 9.97 Å². The molecule has 1 aromatic heterocycles. The average molecular weight is 818 g/mol. The summed E-state index contributed by atoms with van der Waals surface area (Å²) in [6.07, 6.45) is 0. The van der Waals surface area contributed by atoms with Gasteiger partial charge in [0.25, 0.3) is 0 Å². The molecule has 12 rings (SSSR count). The van der Waals surface area contributed by atoms with Crippen LogP contribution in [-0.4, -0.2) is 9.97 Å². The molecule has 0 spiro atoms. The third-order valence-electron chi connectivity index (χ3n) is 13.2. The van der Waals surface area contributed by atoms with E-state index in [0.717, 1.165) is 77.9 Å². The second-order valence-electron chi connectivity index (χ2n) is 17.4. The van der Waals surface area contributed by atoms with Gasteiger partial charge in [0.2, 0.25) is 0 Å². The van der Waals surface area contributed by atoms with E-state index in [1.54, 1.807) is 0 Å². The Kier molecular flexibility index (Phi) is 8.84. The Balaban J connectivity index is 0.974. The van der Waals surface area contributed by atoms with E-state index in [2.05, 4.69) is 231 Å². The van der Waals surface area contributed by atoms with Crippen molar-refractivity contribution in [2.24, 2.45) is 0 Å². The first-order chi connectivity index (χ1) is 31.5. The molecule has 0 bridgehead atoms. The molecule has 11 aromatic rings. The molecule has 1 heterocycles. The van der Waals surface area contributed by atoms with Gasteiger partial charge in [0, 0.05) is 39.0 Å². The van der Waals surface area contributed by atoms with Gasteiger partial charge in [-0.3, -0.25) is 0 Å². The van der Waals surface area contributed by atoms with Crippen LogP contribution >= 0.6 is 0 Å².